The van der Waals surface area contributed by atoms with E-state index in [1.807, 2.05) is 67.6 Å². The van der Waals surface area contributed by atoms with E-state index in [0.29, 0.717) is 11.9 Å². The van der Waals surface area contributed by atoms with Gasteiger partial charge in [0.1, 0.15) is 6.54 Å². The second kappa shape index (κ2) is 9.01. The fourth-order valence-electron chi connectivity index (χ4n) is 3.79. The van der Waals surface area contributed by atoms with Crippen LogP contribution >= 0.6 is 0 Å². The lowest BCUT2D eigenvalue weighted by Crippen LogP contribution is -2.29. The van der Waals surface area contributed by atoms with Crippen molar-refractivity contribution in [2.75, 3.05) is 7.05 Å². The van der Waals surface area contributed by atoms with Gasteiger partial charge in [0.15, 0.2) is 9.84 Å². The lowest BCUT2D eigenvalue weighted by atomic mass is 10.1. The minimum Gasteiger partial charge on any atom is -0.340 e. The van der Waals surface area contributed by atoms with Crippen molar-refractivity contribution in [3.05, 3.63) is 102 Å². The molecule has 0 aliphatic heterocycles. The van der Waals surface area contributed by atoms with Crippen molar-refractivity contribution in [3.8, 4) is 0 Å². The summed E-state index contributed by atoms with van der Waals surface area (Å²) in [7, 11) is -1.81. The van der Waals surface area contributed by atoms with Gasteiger partial charge in [-0.15, -0.1) is 0 Å². The molecular weight excluding hydrogens is 420 g/mol. The van der Waals surface area contributed by atoms with Crippen LogP contribution in [0.4, 0.5) is 0 Å². The molecule has 5 nitrogen and oxygen atoms in total. The van der Waals surface area contributed by atoms with Crippen LogP contribution in [0, 0.1) is 6.92 Å². The molecule has 6 heteroatoms. The van der Waals surface area contributed by atoms with Crippen LogP contribution in [0.3, 0.4) is 0 Å². The Morgan fingerprint density at radius 2 is 1.53 bits per heavy atom. The highest BCUT2D eigenvalue weighted by Crippen LogP contribution is 2.28. The van der Waals surface area contributed by atoms with Crippen LogP contribution in [-0.2, 0) is 33.5 Å². The normalized spacial score (nSPS) is 11.6. The van der Waals surface area contributed by atoms with Crippen LogP contribution in [0.15, 0.2) is 90.0 Å². The number of aromatic nitrogens is 1. The molecule has 0 aliphatic carbocycles. The van der Waals surface area contributed by atoms with Gasteiger partial charge >= 0.3 is 0 Å². The van der Waals surface area contributed by atoms with Gasteiger partial charge in [-0.2, -0.15) is 0 Å². The van der Waals surface area contributed by atoms with Gasteiger partial charge in [-0.25, -0.2) is 8.42 Å². The summed E-state index contributed by atoms with van der Waals surface area (Å²) < 4.78 is 28.2. The quantitative estimate of drug-likeness (QED) is 0.417. The van der Waals surface area contributed by atoms with Crippen LogP contribution in [0.5, 0.6) is 0 Å². The Morgan fingerprint density at radius 3 is 2.25 bits per heavy atom. The molecule has 0 atom stereocenters. The topological polar surface area (TPSA) is 59.4 Å². The molecule has 0 bridgehead atoms. The predicted octanol–water partition coefficient (Wildman–Crippen LogP) is 4.58. The number of nitrogens with zero attached hydrogens (tertiary/aromatic N) is 2. The van der Waals surface area contributed by atoms with E-state index in [1.165, 1.54) is 5.56 Å². The van der Waals surface area contributed by atoms with Crippen molar-refractivity contribution < 1.29 is 13.2 Å². The largest absolute Gasteiger partial charge is 0.340 e. The molecule has 0 spiro atoms. The van der Waals surface area contributed by atoms with Crippen LogP contribution in [0.25, 0.3) is 10.9 Å². The first kappa shape index (κ1) is 21.8. The molecule has 164 valence electrons. The average molecular weight is 447 g/mol. The summed E-state index contributed by atoms with van der Waals surface area (Å²) in [6.07, 6.45) is 1.60. The number of sulfone groups is 1. The van der Waals surface area contributed by atoms with E-state index in [9.17, 15) is 13.2 Å². The lowest BCUT2D eigenvalue weighted by Gasteiger charge is -2.18. The van der Waals surface area contributed by atoms with Crippen LogP contribution < -0.4 is 0 Å². The summed E-state index contributed by atoms with van der Waals surface area (Å²) >= 11 is 0. The summed E-state index contributed by atoms with van der Waals surface area (Å²) in [5, 5.41) is 0.636. The monoisotopic (exact) mass is 446 g/mol. The third-order valence-electron chi connectivity index (χ3n) is 5.56. The van der Waals surface area contributed by atoms with Gasteiger partial charge in [0, 0.05) is 30.7 Å². The molecule has 0 saturated heterocycles. The maximum atomic E-state index is 13.2. The molecule has 4 rings (SSSR count). The molecule has 0 unspecified atom stereocenters. The Hall–Kier alpha value is -3.38. The highest BCUT2D eigenvalue weighted by atomic mass is 32.2. The Balaban J connectivity index is 1.59. The molecule has 1 aromatic heterocycles. The van der Waals surface area contributed by atoms with Gasteiger partial charge in [0.25, 0.3) is 0 Å². The molecule has 1 heterocycles. The predicted molar refractivity (Wildman–Crippen MR) is 127 cm³/mol. The third kappa shape index (κ3) is 4.75. The van der Waals surface area contributed by atoms with Gasteiger partial charge in [0.2, 0.25) is 5.91 Å². The molecule has 4 aromatic rings. The van der Waals surface area contributed by atoms with E-state index >= 15 is 0 Å². The van der Waals surface area contributed by atoms with Crippen molar-refractivity contribution >= 4 is 26.6 Å². The second-order valence-corrected chi connectivity index (χ2v) is 10.1. The van der Waals surface area contributed by atoms with E-state index in [-0.39, 0.29) is 23.1 Å². The highest BCUT2D eigenvalue weighted by molar-refractivity contribution is 7.90. The van der Waals surface area contributed by atoms with E-state index in [1.54, 1.807) is 40.9 Å². The maximum Gasteiger partial charge on any atom is 0.242 e. The smallest absolute Gasteiger partial charge is 0.242 e. The number of carbonyl (C=O) groups excluding carboxylic acids is 1. The molecule has 32 heavy (non-hydrogen) atoms. The van der Waals surface area contributed by atoms with Crippen LogP contribution in [0.1, 0.15) is 16.7 Å². The Morgan fingerprint density at radius 1 is 0.875 bits per heavy atom. The van der Waals surface area contributed by atoms with Crippen molar-refractivity contribution in [2.45, 2.75) is 30.7 Å². The molecule has 1 amide bonds. The first-order chi connectivity index (χ1) is 15.3. The Labute approximate surface area is 188 Å². The van der Waals surface area contributed by atoms with E-state index in [4.69, 9.17) is 0 Å². The Bertz CT molecular complexity index is 1340. The summed E-state index contributed by atoms with van der Waals surface area (Å²) in [5.41, 5.74) is 3.69. The SMILES string of the molecule is Cc1ccc(CN(C)C(=O)Cn2cc(S(=O)(=O)Cc3ccccc3)c3ccccc32)cc1. The van der Waals surface area contributed by atoms with E-state index < -0.39 is 9.84 Å². The van der Waals surface area contributed by atoms with E-state index in [0.717, 1.165) is 16.6 Å². The fraction of sp³-hybridized carbons (Fsp3) is 0.192. The number of carbonyl (C=O) groups is 1. The summed E-state index contributed by atoms with van der Waals surface area (Å²) in [6, 6.07) is 24.5. The average Bonchev–Trinajstić information content (AvgIpc) is 3.15. The number of hydrogen-bond donors (Lipinski definition) is 0. The van der Waals surface area contributed by atoms with Crippen molar-refractivity contribution in [1.82, 2.24) is 9.47 Å². The van der Waals surface area contributed by atoms with Gasteiger partial charge in [0.05, 0.1) is 10.6 Å². The molecule has 0 radical (unpaired) electrons. The van der Waals surface area contributed by atoms with E-state index in [2.05, 4.69) is 0 Å². The Kier molecular flexibility index (Phi) is 6.15. The zero-order valence-electron chi connectivity index (χ0n) is 18.2. The first-order valence-electron chi connectivity index (χ1n) is 10.5. The fourth-order valence-corrected chi connectivity index (χ4v) is 5.37. The molecule has 0 saturated carbocycles. The number of aryl methyl sites for hydroxylation is 1. The molecule has 0 aliphatic rings. The number of benzene rings is 3. The minimum atomic E-state index is -3.57. The molecular formula is C26H26N2O3S. The summed E-state index contributed by atoms with van der Waals surface area (Å²) in [5.74, 6) is -0.165. The number of amides is 1. The highest BCUT2D eigenvalue weighted by Gasteiger charge is 2.23. The number of para-hydroxylation sites is 1. The maximum absolute atomic E-state index is 13.2. The molecule has 0 N–H and O–H groups in total. The molecule has 0 fully saturated rings. The minimum absolute atomic E-state index is 0.0731. The number of rotatable bonds is 7. The standard InChI is InChI=1S/C26H26N2O3S/c1-20-12-14-21(15-13-20)16-27(2)26(29)18-28-17-25(23-10-6-7-11-24(23)28)32(30,31)19-22-8-4-3-5-9-22/h3-15,17H,16,18-19H2,1-2H3. The van der Waals surface area contributed by atoms with Crippen molar-refractivity contribution in [1.29, 1.82) is 0 Å². The van der Waals surface area contributed by atoms with Gasteiger partial charge in [-0.05, 0) is 24.1 Å². The van der Waals surface area contributed by atoms with Crippen LogP contribution in [0.2, 0.25) is 0 Å². The van der Waals surface area contributed by atoms with Gasteiger partial charge in [-0.1, -0.05) is 78.4 Å². The number of fused-ring (bicyclic) bond motifs is 1. The third-order valence-corrected chi connectivity index (χ3v) is 7.27. The van der Waals surface area contributed by atoms with Crippen molar-refractivity contribution in [3.63, 3.8) is 0 Å². The van der Waals surface area contributed by atoms with Gasteiger partial charge in [-0.3, -0.25) is 4.79 Å². The molecule has 3 aromatic carbocycles. The van der Waals surface area contributed by atoms with Gasteiger partial charge < -0.3 is 9.47 Å². The zero-order valence-corrected chi connectivity index (χ0v) is 19.0. The first-order valence-corrected chi connectivity index (χ1v) is 12.1. The summed E-state index contributed by atoms with van der Waals surface area (Å²) in [4.78, 5) is 14.9. The summed E-state index contributed by atoms with van der Waals surface area (Å²) in [6.45, 7) is 2.60. The van der Waals surface area contributed by atoms with Crippen LogP contribution in [-0.4, -0.2) is 30.8 Å². The number of hydrogen-bond acceptors (Lipinski definition) is 3. The second-order valence-electron chi connectivity index (χ2n) is 8.12. The van der Waals surface area contributed by atoms with Crippen molar-refractivity contribution in [2.24, 2.45) is 0 Å². The number of likely N-dealkylation sites (N-methyl/N-ethyl adjacent to an activating group) is 1. The zero-order chi connectivity index (χ0) is 22.7. The lowest BCUT2D eigenvalue weighted by molar-refractivity contribution is -0.131.